The molecule has 0 bridgehead atoms. The average Bonchev–Trinajstić information content (AvgIpc) is 3.86. The van der Waals surface area contributed by atoms with Gasteiger partial charge >= 0.3 is 21.1 Å². The van der Waals surface area contributed by atoms with Gasteiger partial charge in [0.25, 0.3) is 0 Å². The second-order valence-corrected chi connectivity index (χ2v) is 12.8. The molecule has 0 N–H and O–H groups in total. The van der Waals surface area contributed by atoms with Crippen LogP contribution in [-0.4, -0.2) is 26.4 Å². The maximum Gasteiger partial charge on any atom is 2.00 e. The Morgan fingerprint density at radius 3 is 2.05 bits per heavy atom. The second kappa shape index (κ2) is 16.4. The average molecular weight is 914 g/mol. The zero-order valence-corrected chi connectivity index (χ0v) is 32.5. The van der Waals surface area contributed by atoms with E-state index in [4.69, 9.17) is 24.0 Å². The minimum absolute atomic E-state index is 0. The monoisotopic (exact) mass is 913 g/mol. The zero-order chi connectivity index (χ0) is 37.0. The number of ether oxygens (including phenoxy) is 4. The van der Waals surface area contributed by atoms with E-state index in [2.05, 4.69) is 39.9 Å². The quantitative estimate of drug-likeness (QED) is 0.114. The largest absolute Gasteiger partial charge is 2.00 e. The maximum absolute atomic E-state index is 6.41. The molecule has 0 spiro atoms. The number of methoxy groups -OCH3 is 1. The summed E-state index contributed by atoms with van der Waals surface area (Å²) in [7, 11) is 1.65. The zero-order valence-electron chi connectivity index (χ0n) is 30.2. The van der Waals surface area contributed by atoms with E-state index in [1.807, 2.05) is 140 Å². The van der Waals surface area contributed by atoms with Gasteiger partial charge in [-0.25, -0.2) is 4.98 Å². The molecule has 9 heteroatoms. The van der Waals surface area contributed by atoms with Gasteiger partial charge < -0.3 is 23.5 Å². The topological polar surface area (TPSA) is 72.6 Å². The smallest absolute Gasteiger partial charge is 0.509 e. The molecule has 6 aromatic carbocycles. The molecule has 56 heavy (non-hydrogen) atoms. The van der Waals surface area contributed by atoms with Crippen LogP contribution in [0.15, 0.2) is 164 Å². The van der Waals surface area contributed by atoms with Gasteiger partial charge in [-0.1, -0.05) is 90.4 Å². The first-order valence-corrected chi connectivity index (χ1v) is 17.9. The molecule has 0 unspecified atom stereocenters. The van der Waals surface area contributed by atoms with Crippen molar-refractivity contribution in [1.29, 1.82) is 0 Å². The summed E-state index contributed by atoms with van der Waals surface area (Å²) in [5, 5.41) is 6.87. The minimum Gasteiger partial charge on any atom is -0.509 e. The third-order valence-electron chi connectivity index (χ3n) is 9.29. The van der Waals surface area contributed by atoms with Crippen LogP contribution in [0.3, 0.4) is 0 Å². The summed E-state index contributed by atoms with van der Waals surface area (Å²) in [4.78, 5) is 4.66. The SMILES string of the molecule is COc1ccnc(-n2c3[c-]c(Oc4[c-]c(-n5cc(-c6c(OCc7ccccc7)cccc6OCc6ccccc6)cn5)ccc4)ccc3c3ccccc32)c1.[Pt+2]. The molecule has 0 aliphatic heterocycles. The van der Waals surface area contributed by atoms with E-state index < -0.39 is 0 Å². The summed E-state index contributed by atoms with van der Waals surface area (Å²) < 4.78 is 28.6. The molecule has 3 aromatic heterocycles. The molecule has 0 saturated carbocycles. The molecule has 0 fully saturated rings. The normalized spacial score (nSPS) is 10.9. The van der Waals surface area contributed by atoms with Crippen LogP contribution in [-0.2, 0) is 34.3 Å². The number of pyridine rings is 1. The van der Waals surface area contributed by atoms with Crippen molar-refractivity contribution in [3.05, 3.63) is 187 Å². The van der Waals surface area contributed by atoms with Crippen molar-refractivity contribution < 1.29 is 40.0 Å². The summed E-state index contributed by atoms with van der Waals surface area (Å²) in [5.74, 6) is 3.90. The molecular weight excluding hydrogens is 880 g/mol. The molecule has 0 amide bonds. The Hall–Kier alpha value is -6.63. The standard InChI is InChI=1S/C47H34N4O4.Pt/c1-52-37-24-25-48-46(28-37)51-42-19-9-8-18-40(42)41-23-22-39(27-43(41)51)55-38-17-10-16-36(26-38)50-30-35(29-49-50)47-44(53-31-33-12-4-2-5-13-33)20-11-21-45(47)54-32-34-14-6-3-7-15-34;/h2-25,28-30H,31-32H2,1H3;/q-2;+2. The molecular formula is C47H34N4O4Pt. The maximum atomic E-state index is 6.41. The Balaban J connectivity index is 0.00000441. The van der Waals surface area contributed by atoms with Crippen LogP contribution >= 0.6 is 0 Å². The Morgan fingerprint density at radius 2 is 1.32 bits per heavy atom. The molecule has 276 valence electrons. The number of rotatable bonds is 12. The third kappa shape index (κ3) is 7.52. The number of benzene rings is 6. The summed E-state index contributed by atoms with van der Waals surface area (Å²) in [5.41, 5.74) is 6.35. The van der Waals surface area contributed by atoms with Gasteiger partial charge in [-0.15, -0.1) is 35.7 Å². The van der Waals surface area contributed by atoms with E-state index in [0.717, 1.165) is 55.6 Å². The minimum atomic E-state index is 0. The molecule has 0 aliphatic rings. The van der Waals surface area contributed by atoms with Crippen LogP contribution in [0.5, 0.6) is 28.7 Å². The van der Waals surface area contributed by atoms with Crippen LogP contribution < -0.4 is 18.9 Å². The molecule has 0 atom stereocenters. The van der Waals surface area contributed by atoms with Crippen molar-refractivity contribution in [3.63, 3.8) is 0 Å². The van der Waals surface area contributed by atoms with Crippen LogP contribution in [0, 0.1) is 12.1 Å². The summed E-state index contributed by atoms with van der Waals surface area (Å²) in [6.45, 7) is 0.827. The molecule has 0 saturated heterocycles. The molecule has 0 aliphatic carbocycles. The molecule has 8 nitrogen and oxygen atoms in total. The van der Waals surface area contributed by atoms with E-state index in [1.165, 1.54) is 0 Å². The Morgan fingerprint density at radius 1 is 0.643 bits per heavy atom. The number of aromatic nitrogens is 4. The van der Waals surface area contributed by atoms with Gasteiger partial charge in [-0.3, -0.25) is 4.68 Å². The van der Waals surface area contributed by atoms with Gasteiger partial charge in [0.15, 0.2) is 0 Å². The van der Waals surface area contributed by atoms with Crippen LogP contribution in [0.1, 0.15) is 11.1 Å². The van der Waals surface area contributed by atoms with E-state index in [1.54, 1.807) is 18.0 Å². The predicted molar refractivity (Wildman–Crippen MR) is 213 cm³/mol. The van der Waals surface area contributed by atoms with E-state index >= 15 is 0 Å². The van der Waals surface area contributed by atoms with Crippen molar-refractivity contribution >= 4 is 21.8 Å². The van der Waals surface area contributed by atoms with Crippen LogP contribution in [0.4, 0.5) is 0 Å². The number of hydrogen-bond donors (Lipinski definition) is 0. The molecule has 3 heterocycles. The number of hydrogen-bond acceptors (Lipinski definition) is 6. The van der Waals surface area contributed by atoms with E-state index in [-0.39, 0.29) is 21.1 Å². The number of nitrogens with zero attached hydrogens (tertiary/aromatic N) is 4. The fourth-order valence-electron chi connectivity index (χ4n) is 6.66. The number of para-hydroxylation sites is 1. The first kappa shape index (κ1) is 36.3. The van der Waals surface area contributed by atoms with Gasteiger partial charge in [-0.2, -0.15) is 17.2 Å². The summed E-state index contributed by atoms with van der Waals surface area (Å²) in [6, 6.07) is 54.7. The van der Waals surface area contributed by atoms with E-state index in [0.29, 0.717) is 41.9 Å². The number of fused-ring (bicyclic) bond motifs is 3. The van der Waals surface area contributed by atoms with Crippen LogP contribution in [0.25, 0.3) is 44.4 Å². The molecule has 9 aromatic rings. The first-order chi connectivity index (χ1) is 27.2. The summed E-state index contributed by atoms with van der Waals surface area (Å²) in [6.07, 6.45) is 5.51. The van der Waals surface area contributed by atoms with Crippen molar-refractivity contribution in [3.8, 4) is 51.4 Å². The Kier molecular flexibility index (Phi) is 10.6. The predicted octanol–water partition coefficient (Wildman–Crippen LogP) is 10.6. The fraction of sp³-hybridized carbons (Fsp3) is 0.0638. The van der Waals surface area contributed by atoms with Crippen molar-refractivity contribution in [2.24, 2.45) is 0 Å². The van der Waals surface area contributed by atoms with Gasteiger partial charge in [-0.05, 0) is 46.5 Å². The first-order valence-electron chi connectivity index (χ1n) is 17.9. The Bertz CT molecular complexity index is 2690. The van der Waals surface area contributed by atoms with Crippen molar-refractivity contribution in [2.45, 2.75) is 13.2 Å². The van der Waals surface area contributed by atoms with Crippen molar-refractivity contribution in [2.75, 3.05) is 7.11 Å². The third-order valence-corrected chi connectivity index (χ3v) is 9.29. The second-order valence-electron chi connectivity index (χ2n) is 12.8. The van der Waals surface area contributed by atoms with Crippen molar-refractivity contribution in [1.82, 2.24) is 19.3 Å². The van der Waals surface area contributed by atoms with Gasteiger partial charge in [0.1, 0.15) is 36.3 Å². The Labute approximate surface area is 338 Å². The molecule has 9 rings (SSSR count). The van der Waals surface area contributed by atoms with Crippen LogP contribution in [0.2, 0.25) is 0 Å². The van der Waals surface area contributed by atoms with Gasteiger partial charge in [0.2, 0.25) is 0 Å². The summed E-state index contributed by atoms with van der Waals surface area (Å²) >= 11 is 0. The van der Waals surface area contributed by atoms with E-state index in [9.17, 15) is 0 Å². The van der Waals surface area contributed by atoms with Gasteiger partial charge in [0.05, 0.1) is 18.9 Å². The fourth-order valence-corrected chi connectivity index (χ4v) is 6.66. The van der Waals surface area contributed by atoms with Gasteiger partial charge in [0, 0.05) is 41.0 Å². The molecule has 0 radical (unpaired) electrons.